The average Bonchev–Trinajstić information content (AvgIpc) is 3.39. The topological polar surface area (TPSA) is 118 Å². The van der Waals surface area contributed by atoms with Crippen LogP contribution in [-0.2, 0) is 18.9 Å². The van der Waals surface area contributed by atoms with Crippen LogP contribution in [0, 0.1) is 45.3 Å². The molecule has 2 saturated heterocycles. The van der Waals surface area contributed by atoms with Crippen molar-refractivity contribution in [3.05, 3.63) is 24.3 Å². The molecular weight excluding hydrogens is 572 g/mol. The molecule has 45 heavy (non-hydrogen) atoms. The van der Waals surface area contributed by atoms with Crippen LogP contribution < -0.4 is 0 Å². The van der Waals surface area contributed by atoms with Gasteiger partial charge in [-0.25, -0.2) is 0 Å². The molecule has 256 valence electrons. The summed E-state index contributed by atoms with van der Waals surface area (Å²) in [6.45, 7) is 16.6. The summed E-state index contributed by atoms with van der Waals surface area (Å²) in [6.07, 6.45) is 10.5. The second-order valence-corrected chi connectivity index (χ2v) is 17.2. The zero-order valence-electron chi connectivity index (χ0n) is 28.9. The van der Waals surface area contributed by atoms with Gasteiger partial charge in [-0.1, -0.05) is 58.9 Å². The molecule has 14 atom stereocenters. The molecule has 3 saturated carbocycles. The van der Waals surface area contributed by atoms with Crippen LogP contribution in [-0.4, -0.2) is 88.8 Å². The molecule has 0 aromatic carbocycles. The highest BCUT2D eigenvalue weighted by Crippen LogP contribution is 2.77. The molecule has 2 bridgehead atoms. The molecule has 0 amide bonds. The van der Waals surface area contributed by atoms with E-state index < -0.39 is 48.3 Å². The lowest BCUT2D eigenvalue weighted by Gasteiger charge is -2.65. The van der Waals surface area contributed by atoms with Gasteiger partial charge >= 0.3 is 0 Å². The van der Waals surface area contributed by atoms with Crippen molar-refractivity contribution in [1.29, 1.82) is 0 Å². The highest BCUT2D eigenvalue weighted by atomic mass is 16.7. The maximum absolute atomic E-state index is 10.7. The highest BCUT2D eigenvalue weighted by molar-refractivity contribution is 5.33. The van der Waals surface area contributed by atoms with Crippen molar-refractivity contribution >= 4 is 0 Å². The van der Waals surface area contributed by atoms with Gasteiger partial charge in [-0.05, 0) is 87.4 Å². The Morgan fingerprint density at radius 2 is 1.71 bits per heavy atom. The SMILES string of the molecule is COC(C)(C)C=CC[C@H](C)[C@@H]1CC[C@]2(C)[C@H]3C=C[C@]45OC[C@@]3(CC[C@@]12C)[C@H]4CC[C@@H](O[C@H]1O[C@@H](CO)[C@H](O)[C@@H](O)[C@@H]1O)C5(C)C. The predicted octanol–water partition coefficient (Wildman–Crippen LogP) is 4.77. The van der Waals surface area contributed by atoms with Crippen molar-refractivity contribution in [3.8, 4) is 0 Å². The van der Waals surface area contributed by atoms with E-state index in [0.29, 0.717) is 23.7 Å². The summed E-state index contributed by atoms with van der Waals surface area (Å²) in [5, 5.41) is 41.1. The van der Waals surface area contributed by atoms with Crippen LogP contribution >= 0.6 is 0 Å². The van der Waals surface area contributed by atoms with E-state index in [2.05, 4.69) is 72.8 Å². The van der Waals surface area contributed by atoms with E-state index in [9.17, 15) is 20.4 Å². The molecule has 4 aliphatic carbocycles. The number of rotatable bonds is 8. The van der Waals surface area contributed by atoms with Crippen molar-refractivity contribution in [2.75, 3.05) is 20.3 Å². The van der Waals surface area contributed by atoms with Crippen LogP contribution in [0.3, 0.4) is 0 Å². The summed E-state index contributed by atoms with van der Waals surface area (Å²) in [6, 6.07) is 0. The predicted molar refractivity (Wildman–Crippen MR) is 171 cm³/mol. The zero-order valence-corrected chi connectivity index (χ0v) is 28.9. The minimum absolute atomic E-state index is 0.0922. The number of methoxy groups -OCH3 is 1. The van der Waals surface area contributed by atoms with E-state index in [1.54, 1.807) is 7.11 Å². The molecule has 5 fully saturated rings. The Kier molecular flexibility index (Phi) is 8.60. The largest absolute Gasteiger partial charge is 0.394 e. The Morgan fingerprint density at radius 3 is 2.40 bits per heavy atom. The number of ether oxygens (including phenoxy) is 4. The third-order valence-corrected chi connectivity index (χ3v) is 14.8. The maximum atomic E-state index is 10.7. The third-order valence-electron chi connectivity index (χ3n) is 14.8. The standard InChI is InChI=1S/C37H60O8/c1-22(10-9-15-32(2,3)42-8)23-13-16-35(7)25-14-17-37-26(36(25,21-43-37)19-18-34(23,35)6)11-12-27(33(37,4)5)45-31-30(41)29(40)28(39)24(20-38)44-31/h9,14-15,17,22-31,38-41H,10-13,16,18-21H2,1-8H3/t22-,23-,24-,25+,26+,27+,28-,29+,30-,31+,34-,35+,36+,37-/m0/s1. The molecule has 1 spiro atoms. The molecule has 4 N–H and O–H groups in total. The molecule has 0 aromatic rings. The van der Waals surface area contributed by atoms with Crippen molar-refractivity contribution in [2.24, 2.45) is 45.3 Å². The minimum Gasteiger partial charge on any atom is -0.394 e. The number of fused-ring (bicyclic) bond motifs is 2. The Morgan fingerprint density at radius 1 is 0.978 bits per heavy atom. The summed E-state index contributed by atoms with van der Waals surface area (Å²) in [5.41, 5.74) is -0.609. The molecule has 2 aliphatic heterocycles. The van der Waals surface area contributed by atoms with Crippen LogP contribution in [0.2, 0.25) is 0 Å². The maximum Gasteiger partial charge on any atom is 0.186 e. The van der Waals surface area contributed by atoms with Crippen molar-refractivity contribution in [3.63, 3.8) is 0 Å². The van der Waals surface area contributed by atoms with Gasteiger partial charge in [0.25, 0.3) is 0 Å². The lowest BCUT2D eigenvalue weighted by molar-refractivity contribution is -0.329. The first kappa shape index (κ1) is 34.0. The first-order valence-corrected chi connectivity index (χ1v) is 17.6. The van der Waals surface area contributed by atoms with Gasteiger partial charge < -0.3 is 39.4 Å². The third kappa shape index (κ3) is 4.74. The molecular formula is C37H60O8. The van der Waals surface area contributed by atoms with Gasteiger partial charge in [0.2, 0.25) is 0 Å². The molecule has 6 aliphatic rings. The summed E-state index contributed by atoms with van der Waals surface area (Å²) in [7, 11) is 1.77. The van der Waals surface area contributed by atoms with Gasteiger partial charge in [0, 0.05) is 23.9 Å². The summed E-state index contributed by atoms with van der Waals surface area (Å²) in [5.74, 6) is 2.12. The quantitative estimate of drug-likeness (QED) is 0.283. The lowest BCUT2D eigenvalue weighted by Crippen LogP contribution is -2.66. The fourth-order valence-electron chi connectivity index (χ4n) is 11.6. The van der Waals surface area contributed by atoms with E-state index in [1.165, 1.54) is 25.7 Å². The van der Waals surface area contributed by atoms with E-state index in [-0.39, 0.29) is 27.9 Å². The highest BCUT2D eigenvalue weighted by Gasteiger charge is 2.75. The molecule has 0 unspecified atom stereocenters. The van der Waals surface area contributed by atoms with Crippen molar-refractivity contribution in [2.45, 2.75) is 141 Å². The number of allylic oxidation sites excluding steroid dienone is 2. The monoisotopic (exact) mass is 632 g/mol. The van der Waals surface area contributed by atoms with Gasteiger partial charge in [0.05, 0.1) is 30.5 Å². The molecule has 8 nitrogen and oxygen atoms in total. The fraction of sp³-hybridized carbons (Fsp3) is 0.892. The summed E-state index contributed by atoms with van der Waals surface area (Å²) < 4.78 is 24.9. The lowest BCUT2D eigenvalue weighted by atomic mass is 9.38. The smallest absolute Gasteiger partial charge is 0.186 e. The van der Waals surface area contributed by atoms with Crippen LogP contribution in [0.4, 0.5) is 0 Å². The Bertz CT molecular complexity index is 1170. The summed E-state index contributed by atoms with van der Waals surface area (Å²) >= 11 is 0. The molecule has 2 heterocycles. The van der Waals surface area contributed by atoms with Crippen LogP contribution in [0.5, 0.6) is 0 Å². The normalized spacial score (nSPS) is 51.2. The van der Waals surface area contributed by atoms with Gasteiger partial charge in [-0.2, -0.15) is 0 Å². The van der Waals surface area contributed by atoms with Crippen LogP contribution in [0.1, 0.15) is 93.4 Å². The molecule has 8 heteroatoms. The first-order valence-electron chi connectivity index (χ1n) is 17.6. The van der Waals surface area contributed by atoms with E-state index >= 15 is 0 Å². The second-order valence-electron chi connectivity index (χ2n) is 17.2. The van der Waals surface area contributed by atoms with Crippen LogP contribution in [0.25, 0.3) is 0 Å². The number of aliphatic hydroxyl groups is 4. The van der Waals surface area contributed by atoms with Crippen molar-refractivity contribution < 1.29 is 39.4 Å². The molecule has 6 rings (SSSR count). The second kappa shape index (κ2) is 11.4. The van der Waals surface area contributed by atoms with Crippen molar-refractivity contribution in [1.82, 2.24) is 0 Å². The van der Waals surface area contributed by atoms with Gasteiger partial charge in [0.15, 0.2) is 6.29 Å². The van der Waals surface area contributed by atoms with E-state index in [0.717, 1.165) is 25.9 Å². The first-order chi connectivity index (χ1) is 21.0. The van der Waals surface area contributed by atoms with Gasteiger partial charge in [-0.15, -0.1) is 0 Å². The zero-order chi connectivity index (χ0) is 32.8. The Balaban J connectivity index is 1.24. The van der Waals surface area contributed by atoms with Gasteiger partial charge in [-0.3, -0.25) is 0 Å². The fourth-order valence-corrected chi connectivity index (χ4v) is 11.6. The Labute approximate surface area is 270 Å². The minimum atomic E-state index is -1.46. The van der Waals surface area contributed by atoms with E-state index in [4.69, 9.17) is 18.9 Å². The average molecular weight is 633 g/mol. The van der Waals surface area contributed by atoms with Crippen LogP contribution in [0.15, 0.2) is 24.3 Å². The number of aliphatic hydroxyl groups excluding tert-OH is 4. The van der Waals surface area contributed by atoms with E-state index in [1.807, 2.05) is 0 Å². The molecule has 0 aromatic heterocycles. The summed E-state index contributed by atoms with van der Waals surface area (Å²) in [4.78, 5) is 0. The number of hydrogen-bond acceptors (Lipinski definition) is 8. The molecule has 0 radical (unpaired) electrons. The van der Waals surface area contributed by atoms with Gasteiger partial charge in [0.1, 0.15) is 24.4 Å². The Hall–Kier alpha value is -0.840. The number of hydrogen-bond donors (Lipinski definition) is 4.